The second-order valence-corrected chi connectivity index (χ2v) is 9.65. The van der Waals surface area contributed by atoms with Gasteiger partial charge in [0.25, 0.3) is 0 Å². The number of ether oxygens (including phenoxy) is 2. The molecule has 0 fully saturated rings. The zero-order valence-electron chi connectivity index (χ0n) is 16.6. The molecule has 0 radical (unpaired) electrons. The van der Waals surface area contributed by atoms with E-state index in [4.69, 9.17) is 9.47 Å². The third kappa shape index (κ3) is 4.35. The minimum Gasteiger partial charge on any atom is -0.493 e. The highest BCUT2D eigenvalue weighted by atomic mass is 32.5. The first kappa shape index (κ1) is 21.9. The Morgan fingerprint density at radius 3 is 2.56 bits per heavy atom. The van der Waals surface area contributed by atoms with Crippen LogP contribution in [0.2, 0.25) is 0 Å². The molecule has 3 aromatic rings. The van der Waals surface area contributed by atoms with Crippen molar-refractivity contribution in [3.05, 3.63) is 65.4 Å². The van der Waals surface area contributed by atoms with E-state index in [-0.39, 0.29) is 29.7 Å². The van der Waals surface area contributed by atoms with Gasteiger partial charge in [0.05, 0.1) is 7.11 Å². The minimum atomic E-state index is -9.88. The number of rotatable bonds is 6. The molecule has 0 aliphatic carbocycles. The zero-order valence-corrected chi connectivity index (χ0v) is 17.4. The molecule has 172 valence electrons. The number of H-pyrrole nitrogens is 1. The highest BCUT2D eigenvalue weighted by molar-refractivity contribution is 8.45. The second-order valence-electron chi connectivity index (χ2n) is 7.27. The number of nitrogens with one attached hydrogen (secondary N) is 2. The molecule has 1 atom stereocenters. The third-order valence-corrected chi connectivity index (χ3v) is 6.28. The number of halogens is 5. The molecule has 1 aliphatic heterocycles. The first-order valence-electron chi connectivity index (χ1n) is 9.32. The highest BCUT2D eigenvalue weighted by Crippen LogP contribution is 3.02. The van der Waals surface area contributed by atoms with Crippen molar-refractivity contribution in [2.24, 2.45) is 0 Å². The first-order chi connectivity index (χ1) is 14.9. The number of nitrogens with zero attached hydrogens (tertiary/aromatic N) is 1. The molecule has 6 nitrogen and oxygen atoms in total. The van der Waals surface area contributed by atoms with Gasteiger partial charge in [0.1, 0.15) is 11.5 Å². The Hall–Kier alpha value is -3.28. The zero-order chi connectivity index (χ0) is 23.2. The maximum absolute atomic E-state index is 13.3. The Kier molecular flexibility index (Phi) is 4.70. The van der Waals surface area contributed by atoms with Gasteiger partial charge in [0.2, 0.25) is 5.91 Å². The molecule has 4 rings (SSSR count). The number of aromatic amines is 1. The van der Waals surface area contributed by atoms with E-state index in [0.717, 1.165) is 17.7 Å². The van der Waals surface area contributed by atoms with Crippen LogP contribution in [0.5, 0.6) is 11.5 Å². The van der Waals surface area contributed by atoms with Gasteiger partial charge >= 0.3 is 10.2 Å². The molecule has 0 spiro atoms. The smallest absolute Gasteiger partial charge is 0.310 e. The lowest BCUT2D eigenvalue weighted by molar-refractivity contribution is -0.116. The van der Waals surface area contributed by atoms with Gasteiger partial charge in [-0.3, -0.25) is 9.89 Å². The van der Waals surface area contributed by atoms with Gasteiger partial charge in [-0.25, -0.2) is 0 Å². The average molecular weight is 475 g/mol. The van der Waals surface area contributed by atoms with Gasteiger partial charge in [0.15, 0.2) is 17.3 Å². The van der Waals surface area contributed by atoms with Crippen molar-refractivity contribution < 1.29 is 33.7 Å². The average Bonchev–Trinajstić information content (AvgIpc) is 3.18. The van der Waals surface area contributed by atoms with Crippen LogP contribution in [0.1, 0.15) is 29.0 Å². The molecule has 12 heteroatoms. The number of anilines is 1. The number of amides is 1. The Labute approximate surface area is 179 Å². The SMILES string of the molecule is COc1cc(C2CC(=O)Nc3n[nH]cc32)ccc1OCc1ccccc1S(F)(F)(F)(F)F. The maximum Gasteiger partial charge on any atom is 0.310 e. The molecule has 0 bridgehead atoms. The standard InChI is InChI=1S/C20H18F5N3O3S/c1-30-17-8-12(14-9-19(29)27-20-15(14)10-26-28-20)6-7-16(17)31-11-13-4-2-3-5-18(13)32(21,22,23,24)25/h2-8,10,14H,9,11H2,1H3,(H2,26,27,28,29). The Morgan fingerprint density at radius 2 is 1.84 bits per heavy atom. The summed E-state index contributed by atoms with van der Waals surface area (Å²) in [6, 6.07) is 8.09. The molecular formula is C20H18F5N3O3S. The summed E-state index contributed by atoms with van der Waals surface area (Å²) in [5.74, 6) is 0.123. The van der Waals surface area contributed by atoms with Crippen LogP contribution in [0.25, 0.3) is 0 Å². The summed E-state index contributed by atoms with van der Waals surface area (Å²) in [4.78, 5) is 10.00. The Balaban J connectivity index is 1.61. The topological polar surface area (TPSA) is 76.2 Å². The largest absolute Gasteiger partial charge is 0.493 e. The van der Waals surface area contributed by atoms with E-state index >= 15 is 0 Å². The van der Waals surface area contributed by atoms with Gasteiger partial charge in [-0.1, -0.05) is 43.7 Å². The number of hydrogen-bond acceptors (Lipinski definition) is 4. The van der Waals surface area contributed by atoms with Crippen molar-refractivity contribution in [1.82, 2.24) is 10.2 Å². The molecule has 1 amide bonds. The lowest BCUT2D eigenvalue weighted by atomic mass is 9.87. The van der Waals surface area contributed by atoms with E-state index in [0.29, 0.717) is 17.4 Å². The Bertz CT molecular complexity index is 1200. The molecule has 1 aliphatic rings. The predicted molar refractivity (Wildman–Crippen MR) is 109 cm³/mol. The van der Waals surface area contributed by atoms with E-state index < -0.39 is 27.3 Å². The first-order valence-corrected chi connectivity index (χ1v) is 11.3. The van der Waals surface area contributed by atoms with E-state index in [2.05, 4.69) is 15.5 Å². The fourth-order valence-corrected chi connectivity index (χ4v) is 4.57. The fraction of sp³-hybridized carbons (Fsp3) is 0.200. The van der Waals surface area contributed by atoms with Gasteiger partial charge in [-0.05, 0) is 23.8 Å². The number of fused-ring (bicyclic) bond motifs is 1. The lowest BCUT2D eigenvalue weighted by Crippen LogP contribution is -2.23. The van der Waals surface area contributed by atoms with Gasteiger partial charge < -0.3 is 14.8 Å². The number of carbonyl (C=O) groups excluding carboxylic acids is 1. The predicted octanol–water partition coefficient (Wildman–Crippen LogP) is 6.13. The number of methoxy groups -OCH3 is 1. The number of hydrogen-bond donors (Lipinski definition) is 2. The van der Waals surface area contributed by atoms with Crippen LogP contribution in [0.3, 0.4) is 0 Å². The monoisotopic (exact) mass is 475 g/mol. The number of benzene rings is 2. The van der Waals surface area contributed by atoms with E-state index in [1.807, 2.05) is 0 Å². The summed E-state index contributed by atoms with van der Waals surface area (Å²) < 4.78 is 77.4. The van der Waals surface area contributed by atoms with Crippen LogP contribution in [-0.2, 0) is 11.4 Å². The summed E-state index contributed by atoms with van der Waals surface area (Å²) in [6.07, 6.45) is 1.82. The van der Waals surface area contributed by atoms with Gasteiger partial charge in [-0.15, -0.1) is 0 Å². The number of aromatic nitrogens is 2. The Morgan fingerprint density at radius 1 is 1.09 bits per heavy atom. The van der Waals surface area contributed by atoms with Gasteiger partial charge in [-0.2, -0.15) is 5.10 Å². The van der Waals surface area contributed by atoms with Crippen LogP contribution in [0, 0.1) is 0 Å². The summed E-state index contributed by atoms with van der Waals surface area (Å²) in [5, 5.41) is 9.33. The minimum absolute atomic E-state index is 0.0703. The molecule has 0 saturated heterocycles. The van der Waals surface area contributed by atoms with Crippen molar-refractivity contribution in [1.29, 1.82) is 0 Å². The molecule has 0 saturated carbocycles. The van der Waals surface area contributed by atoms with Crippen molar-refractivity contribution in [3.63, 3.8) is 0 Å². The maximum atomic E-state index is 13.3. The van der Waals surface area contributed by atoms with Crippen LogP contribution in [0.15, 0.2) is 53.6 Å². The third-order valence-electron chi connectivity index (χ3n) is 5.05. The number of carbonyl (C=O) groups is 1. The van der Waals surface area contributed by atoms with Crippen LogP contribution >= 0.6 is 10.2 Å². The van der Waals surface area contributed by atoms with Crippen LogP contribution in [-0.4, -0.2) is 23.2 Å². The molecule has 2 heterocycles. The quantitative estimate of drug-likeness (QED) is 0.421. The summed E-state index contributed by atoms with van der Waals surface area (Å²) >= 11 is 0. The molecule has 2 N–H and O–H groups in total. The molecular weight excluding hydrogens is 457 g/mol. The van der Waals surface area contributed by atoms with Crippen molar-refractivity contribution in [3.8, 4) is 11.5 Å². The van der Waals surface area contributed by atoms with Crippen molar-refractivity contribution in [2.45, 2.75) is 23.8 Å². The summed E-state index contributed by atoms with van der Waals surface area (Å²) in [6.45, 7) is -0.741. The van der Waals surface area contributed by atoms with Crippen molar-refractivity contribution in [2.75, 3.05) is 12.4 Å². The van der Waals surface area contributed by atoms with Crippen molar-refractivity contribution >= 4 is 21.9 Å². The summed E-state index contributed by atoms with van der Waals surface area (Å²) in [7, 11) is -8.54. The van der Waals surface area contributed by atoms with E-state index in [1.165, 1.54) is 19.2 Å². The van der Waals surface area contributed by atoms with E-state index in [9.17, 15) is 24.2 Å². The molecule has 1 aromatic heterocycles. The lowest BCUT2D eigenvalue weighted by Gasteiger charge is -2.41. The second kappa shape index (κ2) is 6.86. The van der Waals surface area contributed by atoms with Crippen LogP contribution < -0.4 is 14.8 Å². The summed E-state index contributed by atoms with van der Waals surface area (Å²) in [5.41, 5.74) is 0.772. The normalized spacial score (nSPS) is 18.2. The molecule has 32 heavy (non-hydrogen) atoms. The van der Waals surface area contributed by atoms with E-state index in [1.54, 1.807) is 18.3 Å². The van der Waals surface area contributed by atoms with Gasteiger partial charge in [0, 0.05) is 29.7 Å². The molecule has 2 aromatic carbocycles. The fourth-order valence-electron chi connectivity index (χ4n) is 3.62. The molecule has 1 unspecified atom stereocenters. The highest BCUT2D eigenvalue weighted by Gasteiger charge is 2.66. The van der Waals surface area contributed by atoms with Crippen LogP contribution in [0.4, 0.5) is 25.2 Å².